The summed E-state index contributed by atoms with van der Waals surface area (Å²) in [5.74, 6) is 0.204. The molecule has 4 N–H and O–H groups in total. The van der Waals surface area contributed by atoms with Gasteiger partial charge in [0.25, 0.3) is 0 Å². The summed E-state index contributed by atoms with van der Waals surface area (Å²) in [5.41, 5.74) is 0. The van der Waals surface area contributed by atoms with Crippen LogP contribution in [0.25, 0.3) is 0 Å². The van der Waals surface area contributed by atoms with Crippen LogP contribution < -0.4 is 21.3 Å². The molecule has 2 aliphatic rings. The summed E-state index contributed by atoms with van der Waals surface area (Å²) in [6.45, 7) is 2.51. The Morgan fingerprint density at radius 1 is 1.15 bits per heavy atom. The first-order valence-electron chi connectivity index (χ1n) is 4.28. The molecule has 13 heavy (non-hydrogen) atoms. The van der Waals surface area contributed by atoms with Gasteiger partial charge < -0.3 is 21.3 Å². The average Bonchev–Trinajstić information content (AvgIpc) is 2.02. The van der Waals surface area contributed by atoms with E-state index in [1.54, 1.807) is 0 Å². The molecule has 2 rings (SSSR count). The number of nitrogens with one attached hydrogen (secondary N) is 4. The standard InChI is InChI=1S/C7H12N4O2/c1-3-4-2-8-6(12)10-5(4)11-7(13)9-3/h3-5H,2H2,1H3,(H2,8,10,12)(H2,9,11,13)/t3-,4-,5-/m1/s1. The first-order valence-corrected chi connectivity index (χ1v) is 4.28. The number of carbonyl (C=O) groups excluding carboxylic acids is 2. The van der Waals surface area contributed by atoms with E-state index < -0.39 is 0 Å². The first kappa shape index (κ1) is 8.15. The zero-order valence-electron chi connectivity index (χ0n) is 7.26. The Hall–Kier alpha value is -1.46. The molecule has 2 fully saturated rings. The van der Waals surface area contributed by atoms with Gasteiger partial charge in [-0.3, -0.25) is 0 Å². The van der Waals surface area contributed by atoms with Gasteiger partial charge in [-0.05, 0) is 6.92 Å². The predicted octanol–water partition coefficient (Wildman–Crippen LogP) is -1.06. The summed E-state index contributed by atoms with van der Waals surface area (Å²) in [6.07, 6.45) is -0.238. The maximum Gasteiger partial charge on any atom is 0.316 e. The zero-order chi connectivity index (χ0) is 9.42. The summed E-state index contributed by atoms with van der Waals surface area (Å²) in [7, 11) is 0. The van der Waals surface area contributed by atoms with E-state index >= 15 is 0 Å². The van der Waals surface area contributed by atoms with Gasteiger partial charge >= 0.3 is 12.1 Å². The molecule has 2 heterocycles. The van der Waals surface area contributed by atoms with Gasteiger partial charge in [0.15, 0.2) is 0 Å². The minimum atomic E-state index is -0.238. The van der Waals surface area contributed by atoms with Crippen LogP contribution in [-0.4, -0.2) is 30.8 Å². The number of hydrogen-bond donors (Lipinski definition) is 4. The SMILES string of the molecule is C[C@H]1NC(=O)N[C@H]2NC(=O)NC[C@@H]21. The van der Waals surface area contributed by atoms with Crippen LogP contribution in [0.5, 0.6) is 0 Å². The lowest BCUT2D eigenvalue weighted by Gasteiger charge is -2.40. The highest BCUT2D eigenvalue weighted by Gasteiger charge is 2.37. The van der Waals surface area contributed by atoms with Crippen molar-refractivity contribution in [1.82, 2.24) is 21.3 Å². The minimum absolute atomic E-state index is 0.0758. The van der Waals surface area contributed by atoms with Gasteiger partial charge in [-0.1, -0.05) is 0 Å². The lowest BCUT2D eigenvalue weighted by atomic mass is 9.94. The van der Waals surface area contributed by atoms with E-state index in [9.17, 15) is 9.59 Å². The highest BCUT2D eigenvalue weighted by Crippen LogP contribution is 2.13. The summed E-state index contributed by atoms with van der Waals surface area (Å²) < 4.78 is 0. The fourth-order valence-electron chi connectivity index (χ4n) is 1.73. The zero-order valence-corrected chi connectivity index (χ0v) is 7.26. The molecule has 3 atom stereocenters. The number of carbonyl (C=O) groups is 2. The van der Waals surface area contributed by atoms with Crippen LogP contribution >= 0.6 is 0 Å². The van der Waals surface area contributed by atoms with E-state index in [4.69, 9.17) is 0 Å². The Labute approximate surface area is 75.4 Å². The van der Waals surface area contributed by atoms with Crippen LogP contribution in [-0.2, 0) is 0 Å². The normalized spacial score (nSPS) is 37.8. The molecule has 72 valence electrons. The Morgan fingerprint density at radius 3 is 2.62 bits per heavy atom. The molecular weight excluding hydrogens is 172 g/mol. The quantitative estimate of drug-likeness (QED) is 0.387. The van der Waals surface area contributed by atoms with Gasteiger partial charge in [0.1, 0.15) is 6.17 Å². The van der Waals surface area contributed by atoms with E-state index in [0.29, 0.717) is 6.54 Å². The van der Waals surface area contributed by atoms with E-state index in [1.807, 2.05) is 6.92 Å². The Bertz CT molecular complexity index is 253. The molecular formula is C7H12N4O2. The number of urea groups is 2. The highest BCUT2D eigenvalue weighted by atomic mass is 16.2. The van der Waals surface area contributed by atoms with Crippen LogP contribution in [0, 0.1) is 5.92 Å². The molecule has 0 bridgehead atoms. The molecule has 6 nitrogen and oxygen atoms in total. The summed E-state index contributed by atoms with van der Waals surface area (Å²) in [5, 5.41) is 10.8. The van der Waals surface area contributed by atoms with Gasteiger partial charge in [-0.25, -0.2) is 9.59 Å². The second-order valence-electron chi connectivity index (χ2n) is 3.40. The summed E-state index contributed by atoms with van der Waals surface area (Å²) >= 11 is 0. The molecule has 0 aromatic carbocycles. The highest BCUT2D eigenvalue weighted by molar-refractivity contribution is 5.79. The number of rotatable bonds is 0. The van der Waals surface area contributed by atoms with Crippen molar-refractivity contribution in [1.29, 1.82) is 0 Å². The van der Waals surface area contributed by atoms with Crippen molar-refractivity contribution >= 4 is 12.1 Å². The maximum atomic E-state index is 11.0. The minimum Gasteiger partial charge on any atom is -0.338 e. The largest absolute Gasteiger partial charge is 0.338 e. The van der Waals surface area contributed by atoms with Crippen LogP contribution in [0.2, 0.25) is 0 Å². The van der Waals surface area contributed by atoms with Crippen LogP contribution in [0.15, 0.2) is 0 Å². The van der Waals surface area contributed by atoms with Crippen molar-refractivity contribution in [3.05, 3.63) is 0 Å². The smallest absolute Gasteiger partial charge is 0.316 e. The molecule has 0 aromatic rings. The lowest BCUT2D eigenvalue weighted by Crippen LogP contribution is -2.71. The van der Waals surface area contributed by atoms with Crippen molar-refractivity contribution in [3.8, 4) is 0 Å². The number of fused-ring (bicyclic) bond motifs is 1. The molecule has 2 aliphatic heterocycles. The van der Waals surface area contributed by atoms with Gasteiger partial charge in [0.2, 0.25) is 0 Å². The van der Waals surface area contributed by atoms with E-state index in [0.717, 1.165) is 0 Å². The predicted molar refractivity (Wildman–Crippen MR) is 44.9 cm³/mol. The summed E-state index contributed by atoms with van der Waals surface area (Å²) in [4.78, 5) is 22.0. The van der Waals surface area contributed by atoms with Gasteiger partial charge in [-0.15, -0.1) is 0 Å². The van der Waals surface area contributed by atoms with Crippen molar-refractivity contribution < 1.29 is 9.59 Å². The molecule has 2 saturated heterocycles. The number of hydrogen-bond acceptors (Lipinski definition) is 2. The Morgan fingerprint density at radius 2 is 1.85 bits per heavy atom. The van der Waals surface area contributed by atoms with Gasteiger partial charge in [0, 0.05) is 18.5 Å². The fraction of sp³-hybridized carbons (Fsp3) is 0.714. The van der Waals surface area contributed by atoms with E-state index in [2.05, 4.69) is 21.3 Å². The molecule has 0 spiro atoms. The molecule has 0 aromatic heterocycles. The molecule has 0 radical (unpaired) electrons. The van der Waals surface area contributed by atoms with Crippen molar-refractivity contribution in [2.45, 2.75) is 19.1 Å². The third-order valence-electron chi connectivity index (χ3n) is 2.50. The van der Waals surface area contributed by atoms with Crippen LogP contribution in [0.3, 0.4) is 0 Å². The van der Waals surface area contributed by atoms with Crippen LogP contribution in [0.4, 0.5) is 9.59 Å². The van der Waals surface area contributed by atoms with Crippen LogP contribution in [0.1, 0.15) is 6.92 Å². The lowest BCUT2D eigenvalue weighted by molar-refractivity contribution is 0.161. The second kappa shape index (κ2) is 2.79. The Balaban J connectivity index is 2.10. The third kappa shape index (κ3) is 1.39. The topological polar surface area (TPSA) is 82.3 Å². The fourth-order valence-corrected chi connectivity index (χ4v) is 1.73. The van der Waals surface area contributed by atoms with Gasteiger partial charge in [-0.2, -0.15) is 0 Å². The first-order chi connectivity index (χ1) is 6.16. The Kier molecular flexibility index (Phi) is 1.75. The van der Waals surface area contributed by atoms with Crippen molar-refractivity contribution in [2.24, 2.45) is 5.92 Å². The van der Waals surface area contributed by atoms with E-state index in [-0.39, 0.29) is 30.2 Å². The summed E-state index contributed by atoms with van der Waals surface area (Å²) in [6, 6.07) is -0.376. The van der Waals surface area contributed by atoms with Gasteiger partial charge in [0.05, 0.1) is 0 Å². The van der Waals surface area contributed by atoms with Crippen molar-refractivity contribution in [2.75, 3.05) is 6.54 Å². The van der Waals surface area contributed by atoms with Crippen molar-refractivity contribution in [3.63, 3.8) is 0 Å². The molecule has 0 unspecified atom stereocenters. The second-order valence-corrected chi connectivity index (χ2v) is 3.40. The molecule has 0 aliphatic carbocycles. The molecule has 6 heteroatoms. The monoisotopic (exact) mass is 184 g/mol. The molecule has 4 amide bonds. The third-order valence-corrected chi connectivity index (χ3v) is 2.50. The maximum absolute atomic E-state index is 11.0. The average molecular weight is 184 g/mol. The van der Waals surface area contributed by atoms with E-state index in [1.165, 1.54) is 0 Å². The molecule has 0 saturated carbocycles. The number of amides is 4.